The Labute approximate surface area is 303 Å². The summed E-state index contributed by atoms with van der Waals surface area (Å²) in [5.41, 5.74) is 5.80. The van der Waals surface area contributed by atoms with Crippen molar-refractivity contribution in [2.45, 2.75) is 37.3 Å². The smallest absolute Gasteiger partial charge is 0.417 e. The third kappa shape index (κ3) is 5.11. The topological polar surface area (TPSA) is 172 Å². The zero-order chi connectivity index (χ0) is 37.4. The van der Waals surface area contributed by atoms with Gasteiger partial charge in [0, 0.05) is 22.7 Å². The van der Waals surface area contributed by atoms with Crippen LogP contribution in [0.2, 0.25) is 10.0 Å². The van der Waals surface area contributed by atoms with Crippen LogP contribution >= 0.6 is 23.2 Å². The third-order valence-corrected chi connectivity index (χ3v) is 11.0. The molecule has 0 spiro atoms. The van der Waals surface area contributed by atoms with Crippen LogP contribution < -0.4 is 15.9 Å². The first kappa shape index (κ1) is 35.3. The van der Waals surface area contributed by atoms with Gasteiger partial charge < -0.3 is 15.6 Å². The molecule has 3 heterocycles. The number of rotatable bonds is 6. The Morgan fingerprint density at radius 1 is 1.08 bits per heavy atom. The molecule has 6 unspecified atom stereocenters. The van der Waals surface area contributed by atoms with Crippen molar-refractivity contribution in [1.29, 1.82) is 0 Å². The number of carbonyl (C=O) groups excluding carboxylic acids is 5. The van der Waals surface area contributed by atoms with Gasteiger partial charge in [0.05, 0.1) is 40.4 Å². The van der Waals surface area contributed by atoms with Crippen LogP contribution in [0, 0.1) is 23.7 Å². The number of hydrazine groups is 1. The molecule has 1 saturated carbocycles. The zero-order valence-corrected chi connectivity index (χ0v) is 28.5. The van der Waals surface area contributed by atoms with E-state index in [-0.39, 0.29) is 42.1 Å². The Kier molecular flexibility index (Phi) is 8.49. The van der Waals surface area contributed by atoms with E-state index in [1.165, 1.54) is 18.2 Å². The molecule has 6 atom stereocenters. The number of alkyl halides is 3. The number of pyridine rings is 1. The number of halogens is 5. The van der Waals surface area contributed by atoms with Crippen LogP contribution in [0.4, 0.5) is 23.8 Å². The molecule has 270 valence electrons. The van der Waals surface area contributed by atoms with E-state index in [2.05, 4.69) is 10.4 Å². The second-order valence-corrected chi connectivity index (χ2v) is 13.7. The number of para-hydroxylation sites is 1. The number of fused-ring (bicyclic) bond motifs is 4. The van der Waals surface area contributed by atoms with E-state index in [0.717, 1.165) is 0 Å². The lowest BCUT2D eigenvalue weighted by Crippen LogP contribution is -2.53. The Morgan fingerprint density at radius 2 is 1.79 bits per heavy atom. The number of aromatic nitrogens is 1. The van der Waals surface area contributed by atoms with Crippen molar-refractivity contribution in [3.8, 4) is 11.5 Å². The molecule has 17 heteroatoms. The van der Waals surface area contributed by atoms with Gasteiger partial charge in [0.15, 0.2) is 17.3 Å². The number of primary amides is 1. The summed E-state index contributed by atoms with van der Waals surface area (Å²) in [6.07, 6.45) is -2.81. The predicted molar refractivity (Wildman–Crippen MR) is 178 cm³/mol. The number of nitrogens with one attached hydrogen (secondary N) is 1. The molecule has 4 aliphatic rings. The molecule has 0 radical (unpaired) electrons. The number of imide groups is 4. The first-order valence-corrected chi connectivity index (χ1v) is 16.8. The molecular weight excluding hydrogens is 730 g/mol. The summed E-state index contributed by atoms with van der Waals surface area (Å²) in [5.74, 6) is -9.64. The standard InChI is InChI=1S/C35H28Cl2F3N5O7/c1-2-52-24-5-3-4-20(27(24)46)26-18-10-11-19-25(31(49)44(29(19)47)33(41)51)21(18)13-22-30(48)45(32(50)34(22,26)15-6-8-17(36)9-7-15)43-28-23(37)12-16(14-42-28)35(38,39)40/h3-10,12,14,19,21-22,25-26,46H,2,11,13H2,1H3,(H2,41,51)(H,42,43). The summed E-state index contributed by atoms with van der Waals surface area (Å²) in [5, 5.41) is 12.2. The van der Waals surface area contributed by atoms with Gasteiger partial charge in [0.2, 0.25) is 11.8 Å². The second-order valence-electron chi connectivity index (χ2n) is 12.9. The molecule has 2 aromatic carbocycles. The molecular formula is C35H28Cl2F3N5O7. The minimum Gasteiger partial charge on any atom is -0.504 e. The number of urea groups is 1. The van der Waals surface area contributed by atoms with Crippen LogP contribution in [0.3, 0.4) is 0 Å². The lowest BCUT2D eigenvalue weighted by atomic mass is 9.49. The molecule has 0 bridgehead atoms. The summed E-state index contributed by atoms with van der Waals surface area (Å²) >= 11 is 12.5. The number of phenols is 1. The van der Waals surface area contributed by atoms with Crippen LogP contribution in [0.1, 0.15) is 42.4 Å². The molecule has 3 fully saturated rings. The molecule has 6 amide bonds. The van der Waals surface area contributed by atoms with Crippen molar-refractivity contribution >= 4 is 58.7 Å². The fraction of sp³-hybridized carbons (Fsp3) is 0.314. The van der Waals surface area contributed by atoms with E-state index in [9.17, 15) is 37.5 Å². The number of nitrogens with two attached hydrogens (primary N) is 1. The van der Waals surface area contributed by atoms with Crippen molar-refractivity contribution in [2.24, 2.45) is 29.4 Å². The summed E-state index contributed by atoms with van der Waals surface area (Å²) in [4.78, 5) is 73.4. The highest BCUT2D eigenvalue weighted by Gasteiger charge is 2.71. The van der Waals surface area contributed by atoms with Crippen LogP contribution in [0.5, 0.6) is 11.5 Å². The average molecular weight is 759 g/mol. The van der Waals surface area contributed by atoms with Gasteiger partial charge in [-0.15, -0.1) is 0 Å². The average Bonchev–Trinajstić information content (AvgIpc) is 3.47. The molecule has 3 aromatic rings. The number of aromatic hydroxyl groups is 1. The minimum atomic E-state index is -4.78. The summed E-state index contributed by atoms with van der Waals surface area (Å²) in [6, 6.07) is 10.1. The van der Waals surface area contributed by atoms with Crippen LogP contribution in [0.25, 0.3) is 0 Å². The fourth-order valence-corrected chi connectivity index (χ4v) is 8.72. The zero-order valence-electron chi connectivity index (χ0n) is 27.0. The Balaban J connectivity index is 1.46. The Bertz CT molecular complexity index is 2100. The van der Waals surface area contributed by atoms with Crippen molar-refractivity contribution in [2.75, 3.05) is 12.0 Å². The SMILES string of the molecule is CCOc1cccc(C2C3=CCC4C(=O)N(C(N)=O)C(=O)C4C3CC3C(=O)N(Nc4ncc(C(F)(F)F)cc4Cl)C(=O)C32c2ccc(Cl)cc2)c1O. The van der Waals surface area contributed by atoms with Crippen molar-refractivity contribution in [3.05, 3.63) is 93.1 Å². The monoisotopic (exact) mass is 757 g/mol. The van der Waals surface area contributed by atoms with Gasteiger partial charge in [-0.2, -0.15) is 23.1 Å². The number of phenolic OH excluding ortho intramolecular Hbond substituents is 1. The largest absolute Gasteiger partial charge is 0.504 e. The van der Waals surface area contributed by atoms with Gasteiger partial charge in [-0.25, -0.2) is 9.78 Å². The lowest BCUT2D eigenvalue weighted by molar-refractivity contribution is -0.140. The minimum absolute atomic E-state index is 0.0240. The molecule has 2 aliphatic heterocycles. The van der Waals surface area contributed by atoms with E-state index in [1.807, 2.05) is 0 Å². The fourth-order valence-electron chi connectivity index (χ4n) is 8.39. The maximum absolute atomic E-state index is 15.2. The Morgan fingerprint density at radius 3 is 2.42 bits per heavy atom. The summed E-state index contributed by atoms with van der Waals surface area (Å²) in [6.45, 7) is 1.87. The second kappa shape index (κ2) is 12.5. The molecule has 52 heavy (non-hydrogen) atoms. The number of ether oxygens (including phenoxy) is 1. The van der Waals surface area contributed by atoms with Gasteiger partial charge in [-0.1, -0.05) is 59.1 Å². The number of anilines is 1. The maximum Gasteiger partial charge on any atom is 0.417 e. The van der Waals surface area contributed by atoms with E-state index in [1.54, 1.807) is 37.3 Å². The molecule has 7 rings (SSSR count). The summed E-state index contributed by atoms with van der Waals surface area (Å²) < 4.78 is 45.9. The highest BCUT2D eigenvalue weighted by Crippen LogP contribution is 2.65. The molecule has 2 saturated heterocycles. The van der Waals surface area contributed by atoms with Crippen molar-refractivity contribution < 1.29 is 47.0 Å². The first-order chi connectivity index (χ1) is 24.6. The van der Waals surface area contributed by atoms with Crippen LogP contribution in [-0.2, 0) is 30.8 Å². The third-order valence-electron chi connectivity index (χ3n) is 10.4. The highest BCUT2D eigenvalue weighted by atomic mass is 35.5. The normalized spacial score (nSPS) is 26.9. The van der Waals surface area contributed by atoms with E-state index < -0.39 is 87.2 Å². The summed E-state index contributed by atoms with van der Waals surface area (Å²) in [7, 11) is 0. The lowest BCUT2D eigenvalue weighted by Gasteiger charge is -2.50. The van der Waals surface area contributed by atoms with E-state index in [4.69, 9.17) is 33.7 Å². The van der Waals surface area contributed by atoms with Gasteiger partial charge in [-0.05, 0) is 55.5 Å². The first-order valence-electron chi connectivity index (χ1n) is 16.1. The van der Waals surface area contributed by atoms with E-state index in [0.29, 0.717) is 32.8 Å². The number of nitrogens with zero attached hydrogens (tertiary/aromatic N) is 3. The molecule has 1 aromatic heterocycles. The van der Waals surface area contributed by atoms with Gasteiger partial charge in [0.25, 0.3) is 11.8 Å². The number of likely N-dealkylation sites (tertiary alicyclic amines) is 1. The number of allylic oxidation sites excluding steroid dienone is 2. The molecule has 4 N–H and O–H groups in total. The number of benzene rings is 2. The van der Waals surface area contributed by atoms with Crippen LogP contribution in [-0.4, -0.2) is 56.3 Å². The molecule has 12 nitrogen and oxygen atoms in total. The number of carbonyl (C=O) groups is 5. The number of amides is 6. The maximum atomic E-state index is 15.2. The number of hydrogen-bond acceptors (Lipinski definition) is 9. The van der Waals surface area contributed by atoms with Crippen molar-refractivity contribution in [3.63, 3.8) is 0 Å². The van der Waals surface area contributed by atoms with E-state index >= 15 is 4.79 Å². The van der Waals surface area contributed by atoms with Gasteiger partial charge >= 0.3 is 12.2 Å². The van der Waals surface area contributed by atoms with Crippen molar-refractivity contribution in [1.82, 2.24) is 14.9 Å². The van der Waals surface area contributed by atoms with Gasteiger partial charge in [0.1, 0.15) is 0 Å². The number of hydrogen-bond donors (Lipinski definition) is 3. The predicted octanol–water partition coefficient (Wildman–Crippen LogP) is 5.58. The quantitative estimate of drug-likeness (QED) is 0.215. The van der Waals surface area contributed by atoms with Gasteiger partial charge in [-0.3, -0.25) is 24.6 Å². The molecule has 2 aliphatic carbocycles. The van der Waals surface area contributed by atoms with Crippen LogP contribution in [0.15, 0.2) is 66.4 Å². The highest BCUT2D eigenvalue weighted by molar-refractivity contribution is 6.33. The Hall–Kier alpha value is -5.15.